The molecule has 4 heteroatoms. The van der Waals surface area contributed by atoms with E-state index in [1.54, 1.807) is 14.2 Å². The zero-order chi connectivity index (χ0) is 14.6. The highest BCUT2D eigenvalue weighted by atomic mass is 16.5. The van der Waals surface area contributed by atoms with Crippen LogP contribution in [-0.4, -0.2) is 20.1 Å². The van der Waals surface area contributed by atoms with Crippen LogP contribution in [0.1, 0.15) is 19.4 Å². The number of anilines is 1. The molecule has 102 valence electrons. The van der Waals surface area contributed by atoms with Crippen LogP contribution in [-0.2, 0) is 4.79 Å². The monoisotopic (exact) mass is 260 g/mol. The molecule has 0 aliphatic heterocycles. The third kappa shape index (κ3) is 3.25. The summed E-state index contributed by atoms with van der Waals surface area (Å²) in [5.74, 6) is -0.241. The van der Waals surface area contributed by atoms with Gasteiger partial charge in [0.1, 0.15) is 11.7 Å². The van der Waals surface area contributed by atoms with Crippen molar-refractivity contribution in [3.63, 3.8) is 0 Å². The Labute approximate surface area is 114 Å². The Bertz CT molecular complexity index is 503. The van der Waals surface area contributed by atoms with E-state index < -0.39 is 5.92 Å². The second-order valence-corrected chi connectivity index (χ2v) is 4.92. The van der Waals surface area contributed by atoms with Crippen LogP contribution in [0.3, 0.4) is 0 Å². The maximum absolute atomic E-state index is 12.3. The molecular weight excluding hydrogens is 240 g/mol. The zero-order valence-corrected chi connectivity index (χ0v) is 12.1. The minimum absolute atomic E-state index is 0.0178. The lowest BCUT2D eigenvalue weighted by Gasteiger charge is -2.24. The lowest BCUT2D eigenvalue weighted by molar-refractivity contribution is -0.121. The Kier molecular flexibility index (Phi) is 4.94. The molecule has 1 amide bonds. The van der Waals surface area contributed by atoms with Crippen molar-refractivity contribution >= 4 is 11.6 Å². The fraction of sp³-hybridized carbons (Fsp3) is 0.467. The molecule has 0 radical (unpaired) electrons. The normalized spacial score (nSPS) is 11.8. The molecule has 0 bridgehead atoms. The van der Waals surface area contributed by atoms with Crippen molar-refractivity contribution < 1.29 is 9.53 Å². The van der Waals surface area contributed by atoms with Gasteiger partial charge in [0.2, 0.25) is 5.91 Å². The zero-order valence-electron chi connectivity index (χ0n) is 12.1. The Hall–Kier alpha value is -2.02. The number of nitrogens with zero attached hydrogens (tertiary/aromatic N) is 2. The van der Waals surface area contributed by atoms with Crippen molar-refractivity contribution in [1.29, 1.82) is 5.26 Å². The van der Waals surface area contributed by atoms with E-state index in [1.807, 2.05) is 39.0 Å². The lowest BCUT2D eigenvalue weighted by Crippen LogP contribution is -2.35. The molecule has 4 nitrogen and oxygen atoms in total. The number of methoxy groups -OCH3 is 1. The summed E-state index contributed by atoms with van der Waals surface area (Å²) in [5.41, 5.74) is 1.72. The minimum atomic E-state index is -0.643. The molecule has 1 atom stereocenters. The maximum atomic E-state index is 12.3. The highest BCUT2D eigenvalue weighted by Crippen LogP contribution is 2.30. The summed E-state index contributed by atoms with van der Waals surface area (Å²) in [6.45, 7) is 5.69. The number of amides is 1. The van der Waals surface area contributed by atoms with Gasteiger partial charge >= 0.3 is 0 Å². The molecule has 0 fully saturated rings. The number of ether oxygens (including phenoxy) is 1. The number of carbonyl (C=O) groups excluding carboxylic acids is 1. The summed E-state index contributed by atoms with van der Waals surface area (Å²) in [6.07, 6.45) is 0. The van der Waals surface area contributed by atoms with Crippen molar-refractivity contribution in [1.82, 2.24) is 0 Å². The van der Waals surface area contributed by atoms with Crippen molar-refractivity contribution in [3.8, 4) is 11.8 Å². The second-order valence-electron chi connectivity index (χ2n) is 4.92. The number of carbonyl (C=O) groups is 1. The van der Waals surface area contributed by atoms with Gasteiger partial charge in [0.05, 0.1) is 18.9 Å². The van der Waals surface area contributed by atoms with E-state index in [4.69, 9.17) is 10.00 Å². The van der Waals surface area contributed by atoms with E-state index in [1.165, 1.54) is 4.90 Å². The Balaban J connectivity index is 3.13. The van der Waals surface area contributed by atoms with Gasteiger partial charge in [-0.25, -0.2) is 0 Å². The Morgan fingerprint density at radius 2 is 2.05 bits per heavy atom. The average Bonchev–Trinajstić information content (AvgIpc) is 2.38. The first-order valence-corrected chi connectivity index (χ1v) is 6.24. The number of hydrogen-bond acceptors (Lipinski definition) is 3. The predicted molar refractivity (Wildman–Crippen MR) is 75.1 cm³/mol. The topological polar surface area (TPSA) is 53.3 Å². The number of benzene rings is 1. The summed E-state index contributed by atoms with van der Waals surface area (Å²) >= 11 is 0. The van der Waals surface area contributed by atoms with Crippen LogP contribution in [0.15, 0.2) is 18.2 Å². The molecular formula is C15H20N2O2. The first-order valence-electron chi connectivity index (χ1n) is 6.24. The van der Waals surface area contributed by atoms with Crippen LogP contribution in [0.4, 0.5) is 5.69 Å². The average molecular weight is 260 g/mol. The van der Waals surface area contributed by atoms with Crippen LogP contribution >= 0.6 is 0 Å². The van der Waals surface area contributed by atoms with Gasteiger partial charge in [0.15, 0.2) is 0 Å². The Morgan fingerprint density at radius 3 is 2.53 bits per heavy atom. The molecule has 0 N–H and O–H groups in total. The summed E-state index contributed by atoms with van der Waals surface area (Å²) in [6, 6.07) is 7.70. The van der Waals surface area contributed by atoms with E-state index in [-0.39, 0.29) is 11.8 Å². The quantitative estimate of drug-likeness (QED) is 0.836. The number of aryl methyl sites for hydroxylation is 1. The summed E-state index contributed by atoms with van der Waals surface area (Å²) in [7, 11) is 3.24. The van der Waals surface area contributed by atoms with Crippen LogP contribution in [0.5, 0.6) is 5.75 Å². The van der Waals surface area contributed by atoms with Crippen LogP contribution < -0.4 is 9.64 Å². The first-order chi connectivity index (χ1) is 8.92. The highest BCUT2D eigenvalue weighted by Gasteiger charge is 2.27. The van der Waals surface area contributed by atoms with E-state index in [0.717, 1.165) is 5.56 Å². The van der Waals surface area contributed by atoms with Crippen molar-refractivity contribution in [3.05, 3.63) is 23.8 Å². The van der Waals surface area contributed by atoms with Gasteiger partial charge in [-0.1, -0.05) is 19.9 Å². The van der Waals surface area contributed by atoms with Crippen LogP contribution in [0, 0.1) is 30.1 Å². The SMILES string of the molecule is COc1ccc(C)cc1N(C)C(=O)C(C#N)C(C)C. The van der Waals surface area contributed by atoms with Gasteiger partial charge in [-0.3, -0.25) is 4.79 Å². The highest BCUT2D eigenvalue weighted by molar-refractivity contribution is 5.97. The van der Waals surface area contributed by atoms with Gasteiger partial charge in [0.25, 0.3) is 0 Å². The van der Waals surface area contributed by atoms with Gasteiger partial charge in [0, 0.05) is 7.05 Å². The fourth-order valence-electron chi connectivity index (χ4n) is 1.88. The van der Waals surface area contributed by atoms with Crippen molar-refractivity contribution in [2.45, 2.75) is 20.8 Å². The fourth-order valence-corrected chi connectivity index (χ4v) is 1.88. The van der Waals surface area contributed by atoms with Crippen LogP contribution in [0.2, 0.25) is 0 Å². The lowest BCUT2D eigenvalue weighted by atomic mass is 9.96. The molecule has 0 saturated heterocycles. The summed E-state index contributed by atoms with van der Waals surface area (Å²) in [4.78, 5) is 13.8. The second kappa shape index (κ2) is 6.24. The van der Waals surface area contributed by atoms with Gasteiger partial charge < -0.3 is 9.64 Å². The minimum Gasteiger partial charge on any atom is -0.495 e. The van der Waals surface area contributed by atoms with E-state index in [0.29, 0.717) is 11.4 Å². The third-order valence-electron chi connectivity index (χ3n) is 3.10. The molecule has 19 heavy (non-hydrogen) atoms. The first kappa shape index (κ1) is 15.0. The third-order valence-corrected chi connectivity index (χ3v) is 3.10. The molecule has 1 rings (SSSR count). The molecule has 1 unspecified atom stereocenters. The largest absolute Gasteiger partial charge is 0.495 e. The van der Waals surface area contributed by atoms with Gasteiger partial charge in [-0.2, -0.15) is 5.26 Å². The van der Waals surface area contributed by atoms with E-state index in [2.05, 4.69) is 6.07 Å². The van der Waals surface area contributed by atoms with Gasteiger partial charge in [-0.05, 0) is 30.5 Å². The van der Waals surface area contributed by atoms with E-state index in [9.17, 15) is 4.79 Å². The van der Waals surface area contributed by atoms with Crippen LogP contribution in [0.25, 0.3) is 0 Å². The van der Waals surface area contributed by atoms with Crippen molar-refractivity contribution in [2.75, 3.05) is 19.1 Å². The van der Waals surface area contributed by atoms with Gasteiger partial charge in [-0.15, -0.1) is 0 Å². The number of hydrogen-bond donors (Lipinski definition) is 0. The molecule has 0 aromatic heterocycles. The molecule has 1 aromatic rings. The molecule has 0 aliphatic carbocycles. The predicted octanol–water partition coefficient (Wildman–Crippen LogP) is 2.76. The number of rotatable bonds is 4. The molecule has 0 spiro atoms. The molecule has 0 heterocycles. The summed E-state index contributed by atoms with van der Waals surface area (Å²) in [5, 5.41) is 9.11. The summed E-state index contributed by atoms with van der Waals surface area (Å²) < 4.78 is 5.27. The molecule has 0 saturated carbocycles. The molecule has 1 aromatic carbocycles. The smallest absolute Gasteiger partial charge is 0.244 e. The molecule has 0 aliphatic rings. The number of nitriles is 1. The standard InChI is InChI=1S/C15H20N2O2/c1-10(2)12(9-16)15(18)17(4)13-8-11(3)6-7-14(13)19-5/h6-8,10,12H,1-5H3. The van der Waals surface area contributed by atoms with Crippen molar-refractivity contribution in [2.24, 2.45) is 11.8 Å². The maximum Gasteiger partial charge on any atom is 0.244 e. The van der Waals surface area contributed by atoms with E-state index >= 15 is 0 Å². The Morgan fingerprint density at radius 1 is 1.42 bits per heavy atom.